The van der Waals surface area contributed by atoms with Crippen LogP contribution in [0.15, 0.2) is 48.5 Å². The highest BCUT2D eigenvalue weighted by atomic mass is 32.4. The van der Waals surface area contributed by atoms with Crippen LogP contribution in [0.1, 0.15) is 27.9 Å². The average Bonchev–Trinajstić information content (AvgIpc) is 2.33. The highest BCUT2D eigenvalue weighted by Gasteiger charge is 2.11. The Morgan fingerprint density at radius 3 is 2.18 bits per heavy atom. The van der Waals surface area contributed by atoms with Crippen molar-refractivity contribution in [3.63, 3.8) is 0 Å². The molecule has 0 aliphatic rings. The molecule has 0 spiro atoms. The quantitative estimate of drug-likeness (QED) is 0.712. The molecule has 17 heavy (non-hydrogen) atoms. The van der Waals surface area contributed by atoms with Gasteiger partial charge in [-0.1, -0.05) is 71.5 Å². The maximum atomic E-state index is 5.29. The summed E-state index contributed by atoms with van der Waals surface area (Å²) in [6.07, 6.45) is 0. The minimum absolute atomic E-state index is 0.311. The van der Waals surface area contributed by atoms with Crippen molar-refractivity contribution in [1.82, 2.24) is 0 Å². The van der Waals surface area contributed by atoms with Crippen LogP contribution in [-0.2, 0) is 11.8 Å². The second-order valence-corrected chi connectivity index (χ2v) is 5.69. The van der Waals surface area contributed by atoms with Gasteiger partial charge in [-0.15, -0.1) is 0 Å². The number of aryl methyl sites for hydroxylation is 2. The second kappa shape index (κ2) is 5.53. The molecule has 1 unspecified atom stereocenters. The standard InChI is InChI=1S/C15H15PS/c1-11-6-8-13(9-7-11)15(16-17)14-5-3-4-12(2)10-14/h3-10,15H,1-2H3. The van der Waals surface area contributed by atoms with Gasteiger partial charge in [-0.05, 0) is 32.3 Å². The van der Waals surface area contributed by atoms with Crippen molar-refractivity contribution in [3.8, 4) is 0 Å². The van der Waals surface area contributed by atoms with Crippen molar-refractivity contribution in [1.29, 1.82) is 0 Å². The second-order valence-electron chi connectivity index (χ2n) is 4.33. The molecule has 0 radical (unpaired) electrons. The van der Waals surface area contributed by atoms with Gasteiger partial charge < -0.3 is 0 Å². The van der Waals surface area contributed by atoms with Crippen molar-refractivity contribution >= 4 is 19.2 Å². The van der Waals surface area contributed by atoms with Crippen LogP contribution in [0, 0.1) is 13.8 Å². The lowest BCUT2D eigenvalue weighted by atomic mass is 10.0. The van der Waals surface area contributed by atoms with E-state index in [-0.39, 0.29) is 0 Å². The van der Waals surface area contributed by atoms with Gasteiger partial charge in [0.2, 0.25) is 0 Å². The Bertz CT molecular complexity index is 517. The fourth-order valence-corrected chi connectivity index (χ4v) is 3.21. The molecule has 0 saturated carbocycles. The summed E-state index contributed by atoms with van der Waals surface area (Å²) in [5, 5.41) is 0. The zero-order chi connectivity index (χ0) is 12.3. The number of benzene rings is 2. The fourth-order valence-electron chi connectivity index (χ4n) is 1.90. The van der Waals surface area contributed by atoms with Crippen LogP contribution in [-0.4, -0.2) is 0 Å². The fraction of sp³-hybridized carbons (Fsp3) is 0.200. The van der Waals surface area contributed by atoms with Gasteiger partial charge in [0.15, 0.2) is 0 Å². The van der Waals surface area contributed by atoms with Gasteiger partial charge in [0.25, 0.3) is 0 Å². The summed E-state index contributed by atoms with van der Waals surface area (Å²) in [7, 11) is 0.977. The van der Waals surface area contributed by atoms with Gasteiger partial charge in [-0.2, -0.15) is 0 Å². The highest BCUT2D eigenvalue weighted by Crippen LogP contribution is 2.34. The van der Waals surface area contributed by atoms with Crippen molar-refractivity contribution < 1.29 is 0 Å². The predicted octanol–water partition coefficient (Wildman–Crippen LogP) is 4.80. The number of hydrogen-bond acceptors (Lipinski definition) is 1. The zero-order valence-electron chi connectivity index (χ0n) is 10.1. The summed E-state index contributed by atoms with van der Waals surface area (Å²) in [6, 6.07) is 17.3. The monoisotopic (exact) mass is 258 g/mol. The highest BCUT2D eigenvalue weighted by molar-refractivity contribution is 7.96. The first kappa shape index (κ1) is 12.4. The minimum Gasteiger partial charge on any atom is -0.0617 e. The molecule has 0 aromatic heterocycles. The van der Waals surface area contributed by atoms with Crippen molar-refractivity contribution in [3.05, 3.63) is 70.8 Å². The number of rotatable bonds is 3. The molecule has 0 saturated heterocycles. The van der Waals surface area contributed by atoms with E-state index in [1.54, 1.807) is 0 Å². The lowest BCUT2D eigenvalue weighted by molar-refractivity contribution is 1.14. The van der Waals surface area contributed by atoms with E-state index in [1.165, 1.54) is 22.3 Å². The molecule has 0 bridgehead atoms. The molecule has 2 aromatic carbocycles. The normalized spacial score (nSPS) is 12.6. The van der Waals surface area contributed by atoms with Crippen LogP contribution < -0.4 is 0 Å². The third-order valence-corrected chi connectivity index (χ3v) is 4.30. The molecule has 2 rings (SSSR count). The SMILES string of the molecule is Cc1ccc(C(P=S)c2cccc(C)c2)cc1. The largest absolute Gasteiger partial charge is 0.0617 e. The third kappa shape index (κ3) is 3.00. The molecule has 2 heteroatoms. The Balaban J connectivity index is 2.40. The van der Waals surface area contributed by atoms with Gasteiger partial charge in [0.1, 0.15) is 0 Å². The summed E-state index contributed by atoms with van der Waals surface area (Å²) in [5.74, 6) is 0. The molecule has 0 N–H and O–H groups in total. The van der Waals surface area contributed by atoms with Gasteiger partial charge in [-0.25, -0.2) is 0 Å². The average molecular weight is 258 g/mol. The first-order valence-corrected chi connectivity index (χ1v) is 7.64. The molecule has 2 aromatic rings. The Kier molecular flexibility index (Phi) is 4.04. The molecule has 0 aliphatic heterocycles. The molecule has 0 amide bonds. The van der Waals surface area contributed by atoms with E-state index in [4.69, 9.17) is 11.8 Å². The first-order chi connectivity index (χ1) is 8.20. The Labute approximate surface area is 110 Å². The molecular formula is C15H15PS. The molecule has 0 aliphatic carbocycles. The smallest absolute Gasteiger partial charge is 0.0612 e. The lowest BCUT2D eigenvalue weighted by Crippen LogP contribution is -1.93. The van der Waals surface area contributed by atoms with E-state index >= 15 is 0 Å². The van der Waals surface area contributed by atoms with Crippen molar-refractivity contribution in [2.75, 3.05) is 0 Å². The molecule has 0 nitrogen and oxygen atoms in total. The molecule has 86 valence electrons. The van der Waals surface area contributed by atoms with E-state index in [0.29, 0.717) is 5.66 Å². The molecular weight excluding hydrogens is 243 g/mol. The molecule has 0 heterocycles. The van der Waals surface area contributed by atoms with Gasteiger partial charge >= 0.3 is 0 Å². The van der Waals surface area contributed by atoms with Crippen LogP contribution in [0.2, 0.25) is 0 Å². The minimum atomic E-state index is 0.311. The predicted molar refractivity (Wildman–Crippen MR) is 78.5 cm³/mol. The van der Waals surface area contributed by atoms with Crippen molar-refractivity contribution in [2.24, 2.45) is 0 Å². The molecule has 0 fully saturated rings. The van der Waals surface area contributed by atoms with Gasteiger partial charge in [0.05, 0.1) is 5.66 Å². The van der Waals surface area contributed by atoms with E-state index < -0.39 is 0 Å². The first-order valence-electron chi connectivity index (χ1n) is 5.66. The maximum absolute atomic E-state index is 5.29. The summed E-state index contributed by atoms with van der Waals surface area (Å²) in [6.45, 7) is 4.23. The van der Waals surface area contributed by atoms with Crippen LogP contribution in [0.4, 0.5) is 0 Å². The van der Waals surface area contributed by atoms with E-state index in [1.807, 2.05) is 0 Å². The summed E-state index contributed by atoms with van der Waals surface area (Å²) >= 11 is 5.29. The van der Waals surface area contributed by atoms with Gasteiger partial charge in [0, 0.05) is 0 Å². The van der Waals surface area contributed by atoms with Crippen molar-refractivity contribution in [2.45, 2.75) is 19.5 Å². The maximum Gasteiger partial charge on any atom is 0.0612 e. The summed E-state index contributed by atoms with van der Waals surface area (Å²) in [5.41, 5.74) is 5.50. The van der Waals surface area contributed by atoms with E-state index in [9.17, 15) is 0 Å². The lowest BCUT2D eigenvalue weighted by Gasteiger charge is -2.12. The summed E-state index contributed by atoms with van der Waals surface area (Å²) in [4.78, 5) is 0. The van der Waals surface area contributed by atoms with Crippen LogP contribution >= 0.6 is 7.36 Å². The van der Waals surface area contributed by atoms with Crippen LogP contribution in [0.25, 0.3) is 0 Å². The van der Waals surface area contributed by atoms with Crippen LogP contribution in [0.3, 0.4) is 0 Å². The number of hydrogen-bond donors (Lipinski definition) is 0. The Hall–Kier alpha value is -1.04. The summed E-state index contributed by atoms with van der Waals surface area (Å²) < 4.78 is 0. The topological polar surface area (TPSA) is 0 Å². The van der Waals surface area contributed by atoms with E-state index in [0.717, 1.165) is 7.36 Å². The zero-order valence-corrected chi connectivity index (χ0v) is 11.8. The third-order valence-electron chi connectivity index (χ3n) is 2.86. The Morgan fingerprint density at radius 1 is 0.882 bits per heavy atom. The molecule has 1 atom stereocenters. The van der Waals surface area contributed by atoms with Crippen LogP contribution in [0.5, 0.6) is 0 Å². The van der Waals surface area contributed by atoms with Gasteiger partial charge in [-0.3, -0.25) is 0 Å². The van der Waals surface area contributed by atoms with E-state index in [2.05, 4.69) is 62.4 Å². The Morgan fingerprint density at radius 2 is 1.59 bits per heavy atom.